The molecule has 0 aromatic heterocycles. The number of piperazine rings is 3. The summed E-state index contributed by atoms with van der Waals surface area (Å²) in [5, 5.41) is 33.8. The van der Waals surface area contributed by atoms with Crippen LogP contribution >= 0.6 is 0 Å². The highest BCUT2D eigenvalue weighted by Crippen LogP contribution is 2.36. The smallest absolute Gasteiger partial charge is 0.178 e. The Morgan fingerprint density at radius 1 is 1.30 bits per heavy atom. The second-order valence-electron chi connectivity index (χ2n) is 8.14. The molecular weight excluding hydrogens is 344 g/mol. The van der Waals surface area contributed by atoms with Crippen LogP contribution in [0.1, 0.15) is 20.3 Å². The van der Waals surface area contributed by atoms with Gasteiger partial charge in [-0.2, -0.15) is 0 Å². The molecule has 0 unspecified atom stereocenters. The van der Waals surface area contributed by atoms with Gasteiger partial charge in [-0.25, -0.2) is 0 Å². The highest BCUT2D eigenvalue weighted by Gasteiger charge is 2.43. The van der Waals surface area contributed by atoms with Gasteiger partial charge in [-0.15, -0.1) is 0 Å². The maximum Gasteiger partial charge on any atom is 0.178 e. The van der Waals surface area contributed by atoms with Gasteiger partial charge in [0, 0.05) is 31.6 Å². The van der Waals surface area contributed by atoms with Gasteiger partial charge in [-0.05, 0) is 31.6 Å². The first kappa shape index (κ1) is 20.0. The third-order valence-corrected chi connectivity index (χ3v) is 6.23. The third-order valence-electron chi connectivity index (χ3n) is 6.23. The molecule has 0 aromatic carbocycles. The molecule has 3 aliphatic heterocycles. The van der Waals surface area contributed by atoms with E-state index < -0.39 is 17.5 Å². The zero-order valence-electron chi connectivity index (χ0n) is 16.2. The summed E-state index contributed by atoms with van der Waals surface area (Å²) in [5.74, 6) is -0.663. The van der Waals surface area contributed by atoms with Gasteiger partial charge in [0.15, 0.2) is 5.78 Å². The Hall–Kier alpha value is -1.73. The lowest BCUT2D eigenvalue weighted by Crippen LogP contribution is -2.68. The van der Waals surface area contributed by atoms with E-state index in [0.29, 0.717) is 17.7 Å². The Balaban J connectivity index is 1.93. The first-order valence-electron chi connectivity index (χ1n) is 9.70. The van der Waals surface area contributed by atoms with Gasteiger partial charge in [-0.3, -0.25) is 9.69 Å². The monoisotopic (exact) mass is 374 g/mol. The fraction of sp³-hybridized carbons (Fsp3) is 0.571. The zero-order chi connectivity index (χ0) is 19.7. The average Bonchev–Trinajstić information content (AvgIpc) is 2.65. The van der Waals surface area contributed by atoms with Gasteiger partial charge < -0.3 is 19.8 Å². The molecule has 3 fully saturated rings. The Kier molecular flexibility index (Phi) is 5.72. The Morgan fingerprint density at radius 2 is 1.93 bits per heavy atom. The SMILES string of the molecule is C/C=C/C=C/C(=O)/C=C1/C[C@@H](O)[C@@](C)(O)C([O-])=C1C[N+]12CCN(CC1)CC2. The molecule has 0 saturated carbocycles. The van der Waals surface area contributed by atoms with Crippen molar-refractivity contribution in [1.29, 1.82) is 0 Å². The standard InChI is InChI=1S/C21H30N2O4/c1-3-4-5-6-17(24)13-16-14-19(25)21(2,27)20(26)18(16)15-23-10-7-22(8-11-23)9-12-23/h3-6,13,19,25,27H,7-12,14-15H2,1-2H3/b4-3+,6-5+/t19-,21-/m1/s1. The topological polar surface area (TPSA) is 83.8 Å². The van der Waals surface area contributed by atoms with E-state index in [1.54, 1.807) is 12.2 Å². The van der Waals surface area contributed by atoms with E-state index in [4.69, 9.17) is 0 Å². The number of ketones is 1. The molecule has 2 N–H and O–H groups in total. The predicted octanol–water partition coefficient (Wildman–Crippen LogP) is -0.110. The average molecular weight is 374 g/mol. The minimum Gasteiger partial charge on any atom is -0.873 e. The van der Waals surface area contributed by atoms with Gasteiger partial charge >= 0.3 is 0 Å². The number of carbonyl (C=O) groups excluding carboxylic acids is 1. The van der Waals surface area contributed by atoms with Crippen molar-refractivity contribution in [3.05, 3.63) is 47.3 Å². The van der Waals surface area contributed by atoms with E-state index in [1.807, 2.05) is 13.0 Å². The Bertz CT molecular complexity index is 696. The molecule has 4 rings (SSSR count). The molecule has 2 bridgehead atoms. The summed E-state index contributed by atoms with van der Waals surface area (Å²) in [4.78, 5) is 14.7. The van der Waals surface area contributed by atoms with E-state index >= 15 is 0 Å². The molecule has 3 saturated heterocycles. The fourth-order valence-corrected chi connectivity index (χ4v) is 4.24. The fourth-order valence-electron chi connectivity index (χ4n) is 4.24. The number of fused-ring (bicyclic) bond motifs is 3. The number of allylic oxidation sites excluding steroid dienone is 5. The molecule has 0 aromatic rings. The van der Waals surface area contributed by atoms with Crippen molar-refractivity contribution in [1.82, 2.24) is 4.90 Å². The summed E-state index contributed by atoms with van der Waals surface area (Å²) in [6.07, 6.45) is 7.05. The van der Waals surface area contributed by atoms with Crippen molar-refractivity contribution in [2.75, 3.05) is 45.8 Å². The molecule has 27 heavy (non-hydrogen) atoms. The van der Waals surface area contributed by atoms with Gasteiger partial charge in [0.2, 0.25) is 0 Å². The van der Waals surface area contributed by atoms with Crippen LogP contribution in [-0.4, -0.2) is 82.9 Å². The summed E-state index contributed by atoms with van der Waals surface area (Å²) >= 11 is 0. The van der Waals surface area contributed by atoms with Gasteiger partial charge in [-0.1, -0.05) is 24.0 Å². The number of aliphatic hydroxyl groups excluding tert-OH is 1. The second-order valence-corrected chi connectivity index (χ2v) is 8.14. The van der Waals surface area contributed by atoms with Crippen molar-refractivity contribution in [3.63, 3.8) is 0 Å². The minimum absolute atomic E-state index is 0.114. The van der Waals surface area contributed by atoms with Gasteiger partial charge in [0.05, 0.1) is 31.3 Å². The molecule has 6 nitrogen and oxygen atoms in total. The molecule has 0 amide bonds. The van der Waals surface area contributed by atoms with Crippen LogP contribution in [-0.2, 0) is 4.79 Å². The van der Waals surface area contributed by atoms with Crippen LogP contribution in [0.4, 0.5) is 0 Å². The van der Waals surface area contributed by atoms with Gasteiger partial charge in [0.1, 0.15) is 6.54 Å². The normalized spacial score (nSPS) is 38.4. The second kappa shape index (κ2) is 7.72. The molecule has 1 aliphatic carbocycles. The van der Waals surface area contributed by atoms with Crippen molar-refractivity contribution < 1.29 is 24.6 Å². The maximum atomic E-state index is 13.0. The van der Waals surface area contributed by atoms with Crippen molar-refractivity contribution >= 4 is 5.78 Å². The number of hydrogen-bond donors (Lipinski definition) is 2. The van der Waals surface area contributed by atoms with Crippen LogP contribution in [0.15, 0.2) is 47.3 Å². The summed E-state index contributed by atoms with van der Waals surface area (Å²) in [7, 11) is 0. The number of nitrogens with zero attached hydrogens (tertiary/aromatic N) is 2. The number of rotatable bonds is 5. The van der Waals surface area contributed by atoms with E-state index in [2.05, 4.69) is 4.90 Å². The van der Waals surface area contributed by atoms with E-state index in [9.17, 15) is 20.1 Å². The number of carbonyl (C=O) groups is 1. The van der Waals surface area contributed by atoms with Crippen LogP contribution in [0.5, 0.6) is 0 Å². The molecule has 148 valence electrons. The molecule has 2 atom stereocenters. The predicted molar refractivity (Wildman–Crippen MR) is 101 cm³/mol. The third kappa shape index (κ3) is 4.09. The number of quaternary nitrogens is 1. The van der Waals surface area contributed by atoms with E-state index in [0.717, 1.165) is 43.8 Å². The zero-order valence-corrected chi connectivity index (χ0v) is 16.2. The lowest BCUT2D eigenvalue weighted by Gasteiger charge is -2.52. The quantitative estimate of drug-likeness (QED) is 0.399. The first-order chi connectivity index (χ1) is 12.8. The Labute approximate surface area is 161 Å². The number of aliphatic hydroxyl groups is 2. The van der Waals surface area contributed by atoms with Crippen molar-refractivity contribution in [3.8, 4) is 0 Å². The molecule has 4 aliphatic rings. The molecule has 0 radical (unpaired) electrons. The van der Waals surface area contributed by atoms with Crippen LogP contribution in [0.3, 0.4) is 0 Å². The van der Waals surface area contributed by atoms with Gasteiger partial charge in [0.25, 0.3) is 0 Å². The summed E-state index contributed by atoms with van der Waals surface area (Å²) in [6, 6.07) is 0. The first-order valence-corrected chi connectivity index (χ1v) is 9.70. The summed E-state index contributed by atoms with van der Waals surface area (Å²) in [5.41, 5.74) is -0.727. The van der Waals surface area contributed by atoms with Crippen LogP contribution < -0.4 is 5.11 Å². The summed E-state index contributed by atoms with van der Waals surface area (Å²) < 4.78 is 0.823. The van der Waals surface area contributed by atoms with Crippen molar-refractivity contribution in [2.24, 2.45) is 0 Å². The minimum atomic E-state index is -1.80. The molecule has 0 spiro atoms. The van der Waals surface area contributed by atoms with Crippen molar-refractivity contribution in [2.45, 2.75) is 32.0 Å². The van der Waals surface area contributed by atoms with Crippen LogP contribution in [0, 0.1) is 0 Å². The number of hydrogen-bond acceptors (Lipinski definition) is 5. The lowest BCUT2D eigenvalue weighted by atomic mass is 9.79. The molecule has 6 heteroatoms. The molecular formula is C21H30N2O4. The van der Waals surface area contributed by atoms with E-state index in [-0.39, 0.29) is 12.2 Å². The molecule has 3 heterocycles. The van der Waals surface area contributed by atoms with Crippen LogP contribution in [0.2, 0.25) is 0 Å². The lowest BCUT2D eigenvalue weighted by molar-refractivity contribution is -0.936. The highest BCUT2D eigenvalue weighted by molar-refractivity contribution is 6.00. The maximum absolute atomic E-state index is 13.0. The highest BCUT2D eigenvalue weighted by atomic mass is 16.4. The largest absolute Gasteiger partial charge is 0.873 e. The van der Waals surface area contributed by atoms with Crippen LogP contribution in [0.25, 0.3) is 0 Å². The Morgan fingerprint density at radius 3 is 2.52 bits per heavy atom. The summed E-state index contributed by atoms with van der Waals surface area (Å²) in [6.45, 7) is 9.74. The van der Waals surface area contributed by atoms with E-state index in [1.165, 1.54) is 19.1 Å².